The number of carbonyl (C=O) groups is 1. The molecule has 1 rings (SSSR count). The molecule has 0 radical (unpaired) electrons. The molecule has 1 aromatic rings. The second-order valence-corrected chi connectivity index (χ2v) is 4.60. The molecule has 0 aliphatic carbocycles. The fourth-order valence-electron chi connectivity index (χ4n) is 1.98. The summed E-state index contributed by atoms with van der Waals surface area (Å²) < 4.78 is 0. The van der Waals surface area contributed by atoms with E-state index in [-0.39, 0.29) is 24.4 Å². The number of rotatable bonds is 6. The average Bonchev–Trinajstić information content (AvgIpc) is 2.26. The van der Waals surface area contributed by atoms with E-state index in [2.05, 4.69) is 0 Å². The van der Waals surface area contributed by atoms with Crippen molar-refractivity contribution in [2.24, 2.45) is 5.73 Å². The molecule has 18 heavy (non-hydrogen) atoms. The van der Waals surface area contributed by atoms with Crippen LogP contribution < -0.4 is 5.73 Å². The van der Waals surface area contributed by atoms with Gasteiger partial charge in [0.1, 0.15) is 0 Å². The van der Waals surface area contributed by atoms with Gasteiger partial charge >= 0.3 is 5.97 Å². The molecule has 1 aromatic carbocycles. The maximum absolute atomic E-state index is 11.1. The van der Waals surface area contributed by atoms with Crippen molar-refractivity contribution in [1.82, 2.24) is 0 Å². The zero-order valence-electron chi connectivity index (χ0n) is 10.9. The van der Waals surface area contributed by atoms with E-state index in [4.69, 9.17) is 10.8 Å². The molecule has 0 aliphatic heterocycles. The molecule has 3 N–H and O–H groups in total. The summed E-state index contributed by atoms with van der Waals surface area (Å²) in [5, 5.41) is 9.15. The van der Waals surface area contributed by atoms with E-state index >= 15 is 0 Å². The van der Waals surface area contributed by atoms with Crippen molar-refractivity contribution in [3.8, 4) is 0 Å². The standard InChI is InChI=1S/C14H21NO2.ClH/c1-3-4-13(14(16)17)12-7-5-11(6-8-12)9-10(2)15;/h5-8,10,13H,3-4,9,15H2,1-2H3,(H,16,17);1H. The highest BCUT2D eigenvalue weighted by molar-refractivity contribution is 5.85. The largest absolute Gasteiger partial charge is 0.481 e. The van der Waals surface area contributed by atoms with Gasteiger partial charge < -0.3 is 10.8 Å². The number of benzene rings is 1. The predicted molar refractivity (Wildman–Crippen MR) is 76.3 cm³/mol. The van der Waals surface area contributed by atoms with Gasteiger partial charge in [-0.1, -0.05) is 37.6 Å². The monoisotopic (exact) mass is 271 g/mol. The summed E-state index contributed by atoms with van der Waals surface area (Å²) in [6.45, 7) is 3.96. The molecule has 4 heteroatoms. The Morgan fingerprint density at radius 1 is 1.33 bits per heavy atom. The summed E-state index contributed by atoms with van der Waals surface area (Å²) in [5.41, 5.74) is 7.76. The third-order valence-electron chi connectivity index (χ3n) is 2.82. The van der Waals surface area contributed by atoms with Crippen LogP contribution in [-0.4, -0.2) is 17.1 Å². The summed E-state index contributed by atoms with van der Waals surface area (Å²) in [6.07, 6.45) is 2.38. The summed E-state index contributed by atoms with van der Waals surface area (Å²) in [4.78, 5) is 11.1. The lowest BCUT2D eigenvalue weighted by Crippen LogP contribution is -2.17. The van der Waals surface area contributed by atoms with Crippen LogP contribution in [0.25, 0.3) is 0 Å². The van der Waals surface area contributed by atoms with E-state index in [1.54, 1.807) is 0 Å². The van der Waals surface area contributed by atoms with Crippen LogP contribution >= 0.6 is 12.4 Å². The van der Waals surface area contributed by atoms with Crippen LogP contribution in [0.15, 0.2) is 24.3 Å². The minimum absolute atomic E-state index is 0. The minimum Gasteiger partial charge on any atom is -0.481 e. The second-order valence-electron chi connectivity index (χ2n) is 4.60. The van der Waals surface area contributed by atoms with Gasteiger partial charge in [-0.25, -0.2) is 0 Å². The van der Waals surface area contributed by atoms with E-state index in [9.17, 15) is 4.79 Å². The lowest BCUT2D eigenvalue weighted by molar-refractivity contribution is -0.139. The van der Waals surface area contributed by atoms with Gasteiger partial charge in [-0.15, -0.1) is 12.4 Å². The Bertz CT molecular complexity index is 363. The van der Waals surface area contributed by atoms with Gasteiger partial charge in [-0.05, 0) is 30.9 Å². The Morgan fingerprint density at radius 3 is 2.28 bits per heavy atom. The van der Waals surface area contributed by atoms with Crippen LogP contribution in [0.3, 0.4) is 0 Å². The fraction of sp³-hybridized carbons (Fsp3) is 0.500. The van der Waals surface area contributed by atoms with E-state index in [1.165, 1.54) is 0 Å². The maximum Gasteiger partial charge on any atom is 0.310 e. The molecule has 0 spiro atoms. The summed E-state index contributed by atoms with van der Waals surface area (Å²) in [7, 11) is 0. The number of hydrogen-bond donors (Lipinski definition) is 2. The summed E-state index contributed by atoms with van der Waals surface area (Å²) in [5.74, 6) is -1.13. The van der Waals surface area contributed by atoms with Gasteiger partial charge in [-0.2, -0.15) is 0 Å². The zero-order valence-corrected chi connectivity index (χ0v) is 11.7. The van der Waals surface area contributed by atoms with E-state index < -0.39 is 5.97 Å². The highest BCUT2D eigenvalue weighted by atomic mass is 35.5. The predicted octanol–water partition coefficient (Wildman–Crippen LogP) is 2.97. The van der Waals surface area contributed by atoms with Crippen LogP contribution in [0.2, 0.25) is 0 Å². The first kappa shape index (κ1) is 16.9. The van der Waals surface area contributed by atoms with Crippen LogP contribution in [0.5, 0.6) is 0 Å². The Labute approximate surface area is 115 Å². The molecule has 0 saturated heterocycles. The smallest absolute Gasteiger partial charge is 0.310 e. The Kier molecular flexibility index (Phi) is 7.64. The van der Waals surface area contributed by atoms with Gasteiger partial charge in [0, 0.05) is 6.04 Å². The number of carboxylic acid groups (broad SMARTS) is 1. The highest BCUT2D eigenvalue weighted by Crippen LogP contribution is 2.22. The lowest BCUT2D eigenvalue weighted by Gasteiger charge is -2.12. The molecule has 102 valence electrons. The summed E-state index contributed by atoms with van der Waals surface area (Å²) in [6, 6.07) is 7.90. The van der Waals surface area contributed by atoms with Crippen molar-refractivity contribution in [1.29, 1.82) is 0 Å². The van der Waals surface area contributed by atoms with Gasteiger partial charge in [-0.3, -0.25) is 4.79 Å². The molecule has 0 fully saturated rings. The van der Waals surface area contributed by atoms with Gasteiger partial charge in [0.15, 0.2) is 0 Å². The van der Waals surface area contributed by atoms with Crippen LogP contribution in [0, 0.1) is 0 Å². The first-order chi connectivity index (χ1) is 8.04. The van der Waals surface area contributed by atoms with Crippen molar-refractivity contribution in [2.75, 3.05) is 0 Å². The topological polar surface area (TPSA) is 63.3 Å². The Balaban J connectivity index is 0.00000289. The van der Waals surface area contributed by atoms with E-state index in [0.29, 0.717) is 6.42 Å². The molecular weight excluding hydrogens is 250 g/mol. The van der Waals surface area contributed by atoms with E-state index in [1.807, 2.05) is 38.1 Å². The molecule has 0 bridgehead atoms. The number of nitrogens with two attached hydrogens (primary N) is 1. The van der Waals surface area contributed by atoms with E-state index in [0.717, 1.165) is 24.0 Å². The molecule has 2 unspecified atom stereocenters. The summed E-state index contributed by atoms with van der Waals surface area (Å²) >= 11 is 0. The molecule has 0 aliphatic rings. The Hall–Kier alpha value is -1.06. The van der Waals surface area contributed by atoms with Crippen molar-refractivity contribution < 1.29 is 9.90 Å². The number of aliphatic carboxylic acids is 1. The third kappa shape index (κ3) is 5.07. The van der Waals surface area contributed by atoms with Crippen LogP contribution in [-0.2, 0) is 11.2 Å². The first-order valence-electron chi connectivity index (χ1n) is 6.11. The molecule has 0 saturated carbocycles. The zero-order chi connectivity index (χ0) is 12.8. The van der Waals surface area contributed by atoms with Crippen molar-refractivity contribution in [3.05, 3.63) is 35.4 Å². The molecule has 0 heterocycles. The number of halogens is 1. The lowest BCUT2D eigenvalue weighted by atomic mass is 9.93. The van der Waals surface area contributed by atoms with Crippen LogP contribution in [0.1, 0.15) is 43.7 Å². The maximum atomic E-state index is 11.1. The number of hydrogen-bond acceptors (Lipinski definition) is 2. The molecule has 2 atom stereocenters. The normalized spacial score (nSPS) is 13.5. The number of carboxylic acids is 1. The van der Waals surface area contributed by atoms with Gasteiger partial charge in [0.2, 0.25) is 0 Å². The van der Waals surface area contributed by atoms with Crippen LogP contribution in [0.4, 0.5) is 0 Å². The van der Waals surface area contributed by atoms with Crippen molar-refractivity contribution in [3.63, 3.8) is 0 Å². The Morgan fingerprint density at radius 2 is 1.89 bits per heavy atom. The third-order valence-corrected chi connectivity index (χ3v) is 2.82. The molecule has 3 nitrogen and oxygen atoms in total. The minimum atomic E-state index is -0.744. The van der Waals surface area contributed by atoms with Crippen molar-refractivity contribution >= 4 is 18.4 Å². The SMILES string of the molecule is CCCC(C(=O)O)c1ccc(CC(C)N)cc1.Cl. The van der Waals surface area contributed by atoms with Crippen molar-refractivity contribution in [2.45, 2.75) is 45.1 Å². The molecule has 0 amide bonds. The second kappa shape index (κ2) is 8.11. The quantitative estimate of drug-likeness (QED) is 0.836. The average molecular weight is 272 g/mol. The van der Waals surface area contributed by atoms with Gasteiger partial charge in [0.25, 0.3) is 0 Å². The first-order valence-corrected chi connectivity index (χ1v) is 6.11. The molecular formula is C14H22ClNO2. The van der Waals surface area contributed by atoms with Gasteiger partial charge in [0.05, 0.1) is 5.92 Å². The highest BCUT2D eigenvalue weighted by Gasteiger charge is 2.18. The molecule has 0 aromatic heterocycles. The fourth-order valence-corrected chi connectivity index (χ4v) is 1.98.